The van der Waals surface area contributed by atoms with Crippen LogP contribution in [-0.2, 0) is 13.6 Å². The number of nitrogens with zero attached hydrogens (tertiary/aromatic N) is 6. The summed E-state index contributed by atoms with van der Waals surface area (Å²) in [6, 6.07) is 12.1. The van der Waals surface area contributed by atoms with Gasteiger partial charge in [0.1, 0.15) is 17.5 Å². The first-order chi connectivity index (χ1) is 16.1. The fourth-order valence-corrected chi connectivity index (χ4v) is 4.11. The summed E-state index contributed by atoms with van der Waals surface area (Å²) in [6.45, 7) is 3.22. The number of rotatable bonds is 5. The highest BCUT2D eigenvalue weighted by Crippen LogP contribution is 2.25. The predicted molar refractivity (Wildman–Crippen MR) is 124 cm³/mol. The Kier molecular flexibility index (Phi) is 5.83. The Balaban J connectivity index is 1.24. The summed E-state index contributed by atoms with van der Waals surface area (Å²) in [5.74, 6) is -0.0769. The van der Waals surface area contributed by atoms with Crippen molar-refractivity contribution in [2.24, 2.45) is 7.05 Å². The lowest BCUT2D eigenvalue weighted by molar-refractivity contribution is 0.242. The van der Waals surface area contributed by atoms with Crippen molar-refractivity contribution in [2.75, 3.05) is 31.1 Å². The third kappa shape index (κ3) is 4.61. The van der Waals surface area contributed by atoms with Crippen LogP contribution in [0.2, 0.25) is 0 Å². The van der Waals surface area contributed by atoms with E-state index in [1.807, 2.05) is 37.6 Å². The van der Waals surface area contributed by atoms with Crippen molar-refractivity contribution >= 4 is 5.82 Å². The van der Waals surface area contributed by atoms with Crippen LogP contribution < -0.4 is 4.90 Å². The summed E-state index contributed by atoms with van der Waals surface area (Å²) in [5.41, 5.74) is 4.03. The monoisotopic (exact) mass is 446 g/mol. The second-order valence-electron chi connectivity index (χ2n) is 8.20. The van der Waals surface area contributed by atoms with Gasteiger partial charge in [0.05, 0.1) is 11.9 Å². The van der Waals surface area contributed by atoms with Gasteiger partial charge in [0.25, 0.3) is 0 Å². The van der Waals surface area contributed by atoms with Crippen LogP contribution in [0.15, 0.2) is 67.3 Å². The van der Waals surface area contributed by atoms with E-state index in [0.717, 1.165) is 54.4 Å². The number of hydrogen-bond acceptors (Lipinski definition) is 5. The van der Waals surface area contributed by atoms with Gasteiger partial charge in [0, 0.05) is 75.1 Å². The molecular formula is C25H24F2N6. The molecule has 1 fully saturated rings. The number of aryl methyl sites for hydroxylation is 1. The smallest absolute Gasteiger partial charge is 0.130 e. The molecule has 1 saturated heterocycles. The Bertz CT molecular complexity index is 1230. The van der Waals surface area contributed by atoms with E-state index in [1.165, 1.54) is 18.2 Å². The van der Waals surface area contributed by atoms with Gasteiger partial charge in [0.15, 0.2) is 0 Å². The summed E-state index contributed by atoms with van der Waals surface area (Å²) in [7, 11) is 1.88. The molecule has 0 atom stereocenters. The van der Waals surface area contributed by atoms with Crippen LogP contribution in [0.3, 0.4) is 0 Å². The van der Waals surface area contributed by atoms with E-state index < -0.39 is 11.6 Å². The van der Waals surface area contributed by atoms with Crippen LogP contribution in [0, 0.1) is 11.6 Å². The highest BCUT2D eigenvalue weighted by atomic mass is 19.1. The zero-order valence-corrected chi connectivity index (χ0v) is 18.3. The highest BCUT2D eigenvalue weighted by molar-refractivity contribution is 5.69. The number of benzene rings is 1. The Morgan fingerprint density at radius 2 is 1.64 bits per heavy atom. The number of anilines is 1. The molecule has 0 bridgehead atoms. The zero-order valence-electron chi connectivity index (χ0n) is 18.3. The zero-order chi connectivity index (χ0) is 22.8. The maximum Gasteiger partial charge on any atom is 0.130 e. The van der Waals surface area contributed by atoms with E-state index >= 15 is 0 Å². The van der Waals surface area contributed by atoms with E-state index in [1.54, 1.807) is 17.1 Å². The van der Waals surface area contributed by atoms with Crippen molar-refractivity contribution in [3.05, 3.63) is 84.4 Å². The number of halogens is 2. The molecule has 8 heteroatoms. The van der Waals surface area contributed by atoms with E-state index in [9.17, 15) is 8.78 Å². The van der Waals surface area contributed by atoms with E-state index in [2.05, 4.69) is 30.9 Å². The minimum Gasteiger partial charge on any atom is -0.354 e. The summed E-state index contributed by atoms with van der Waals surface area (Å²) in [5, 5.41) is 4.21. The van der Waals surface area contributed by atoms with Crippen LogP contribution in [0.25, 0.3) is 22.4 Å². The molecule has 168 valence electrons. The molecule has 1 aromatic carbocycles. The van der Waals surface area contributed by atoms with E-state index in [0.29, 0.717) is 0 Å². The number of piperazine rings is 1. The minimum atomic E-state index is -0.488. The second kappa shape index (κ2) is 9.07. The summed E-state index contributed by atoms with van der Waals surface area (Å²) < 4.78 is 29.7. The lowest BCUT2D eigenvalue weighted by Gasteiger charge is -2.35. The molecule has 6 nitrogen and oxygen atoms in total. The summed E-state index contributed by atoms with van der Waals surface area (Å²) in [6.07, 6.45) is 7.41. The largest absolute Gasteiger partial charge is 0.354 e. The van der Waals surface area contributed by atoms with Gasteiger partial charge in [0.2, 0.25) is 0 Å². The molecule has 0 aliphatic carbocycles. The summed E-state index contributed by atoms with van der Waals surface area (Å²) >= 11 is 0. The van der Waals surface area contributed by atoms with Crippen molar-refractivity contribution in [1.29, 1.82) is 0 Å². The van der Waals surface area contributed by atoms with Crippen LogP contribution in [0.4, 0.5) is 14.6 Å². The molecule has 0 amide bonds. The maximum atomic E-state index is 14.0. The molecule has 0 unspecified atom stereocenters. The van der Waals surface area contributed by atoms with Crippen LogP contribution in [0.5, 0.6) is 0 Å². The molecule has 0 saturated carbocycles. The average molecular weight is 447 g/mol. The van der Waals surface area contributed by atoms with Gasteiger partial charge in [-0.25, -0.2) is 13.8 Å². The quantitative estimate of drug-likeness (QED) is 0.461. The Hall–Kier alpha value is -3.65. The van der Waals surface area contributed by atoms with Gasteiger partial charge in [-0.15, -0.1) is 0 Å². The highest BCUT2D eigenvalue weighted by Gasteiger charge is 2.20. The Morgan fingerprint density at radius 3 is 2.30 bits per heavy atom. The lowest BCUT2D eigenvalue weighted by Crippen LogP contribution is -2.46. The Morgan fingerprint density at radius 1 is 0.848 bits per heavy atom. The van der Waals surface area contributed by atoms with E-state index in [-0.39, 0.29) is 12.1 Å². The first-order valence-electron chi connectivity index (χ1n) is 10.9. The van der Waals surface area contributed by atoms with Crippen molar-refractivity contribution in [2.45, 2.75) is 6.54 Å². The van der Waals surface area contributed by atoms with Crippen LogP contribution in [-0.4, -0.2) is 50.8 Å². The normalized spacial score (nSPS) is 14.6. The average Bonchev–Trinajstić information content (AvgIpc) is 3.29. The van der Waals surface area contributed by atoms with Crippen molar-refractivity contribution in [3.63, 3.8) is 0 Å². The van der Waals surface area contributed by atoms with Crippen molar-refractivity contribution in [1.82, 2.24) is 24.6 Å². The molecule has 0 N–H and O–H groups in total. The predicted octanol–water partition coefficient (Wildman–Crippen LogP) is 4.14. The molecule has 33 heavy (non-hydrogen) atoms. The molecule has 4 aromatic rings. The van der Waals surface area contributed by atoms with E-state index in [4.69, 9.17) is 0 Å². The Labute approximate surface area is 191 Å². The fourth-order valence-electron chi connectivity index (χ4n) is 4.11. The first kappa shape index (κ1) is 21.2. The molecule has 5 rings (SSSR count). The van der Waals surface area contributed by atoms with Crippen molar-refractivity contribution in [3.8, 4) is 22.4 Å². The summed E-state index contributed by atoms with van der Waals surface area (Å²) in [4.78, 5) is 13.4. The number of hydrogen-bond donors (Lipinski definition) is 0. The molecule has 0 spiro atoms. The SMILES string of the molecule is Cn1cc(-c2cc(-c3ccc(N4CCN(Cc5c(F)cccc5F)CC4)nc3)ccn2)cn1. The van der Waals surface area contributed by atoms with Gasteiger partial charge in [-0.05, 0) is 42.0 Å². The van der Waals surface area contributed by atoms with Gasteiger partial charge < -0.3 is 4.90 Å². The molecular weight excluding hydrogens is 422 g/mol. The standard InChI is InChI=1S/C25H24F2N6/c1-31-16-20(15-30-31)24-13-18(7-8-28-24)19-5-6-25(29-14-19)33-11-9-32(10-12-33)17-21-22(26)3-2-4-23(21)27/h2-8,13-16H,9-12,17H2,1H3. The molecule has 1 aliphatic rings. The van der Waals surface area contributed by atoms with Gasteiger partial charge in [-0.2, -0.15) is 5.10 Å². The minimum absolute atomic E-state index is 0.136. The molecule has 1 aliphatic heterocycles. The van der Waals surface area contributed by atoms with Crippen molar-refractivity contribution < 1.29 is 8.78 Å². The third-order valence-corrected chi connectivity index (χ3v) is 5.98. The topological polar surface area (TPSA) is 50.1 Å². The fraction of sp³-hybridized carbons (Fsp3) is 0.240. The second-order valence-corrected chi connectivity index (χ2v) is 8.20. The third-order valence-electron chi connectivity index (χ3n) is 5.98. The number of pyridine rings is 2. The van der Waals surface area contributed by atoms with Crippen LogP contribution in [0.1, 0.15) is 5.56 Å². The number of aromatic nitrogens is 4. The van der Waals surface area contributed by atoms with Gasteiger partial charge in [-0.1, -0.05) is 6.07 Å². The lowest BCUT2D eigenvalue weighted by atomic mass is 10.1. The van der Waals surface area contributed by atoms with Crippen LogP contribution >= 0.6 is 0 Å². The maximum absolute atomic E-state index is 14.0. The van der Waals surface area contributed by atoms with Gasteiger partial charge in [-0.3, -0.25) is 14.6 Å². The molecule has 3 aromatic heterocycles. The molecule has 0 radical (unpaired) electrons. The molecule has 4 heterocycles. The van der Waals surface area contributed by atoms with Gasteiger partial charge >= 0.3 is 0 Å². The first-order valence-corrected chi connectivity index (χ1v) is 10.9.